The predicted octanol–water partition coefficient (Wildman–Crippen LogP) is 3.62. The molecule has 0 radical (unpaired) electrons. The Morgan fingerprint density at radius 2 is 2.05 bits per heavy atom. The molecule has 0 saturated carbocycles. The summed E-state index contributed by atoms with van der Waals surface area (Å²) in [6.45, 7) is 0.104. The molecular formula is C13H10ClFN2O2. The summed E-state index contributed by atoms with van der Waals surface area (Å²) >= 11 is 5.49. The van der Waals surface area contributed by atoms with Crippen LogP contribution in [0.25, 0.3) is 0 Å². The summed E-state index contributed by atoms with van der Waals surface area (Å²) in [4.78, 5) is 15.0. The first-order chi connectivity index (χ1) is 9.16. The molecule has 0 fully saturated rings. The maximum absolute atomic E-state index is 13.5. The number of halogens is 2. The summed E-state index contributed by atoms with van der Waals surface area (Å²) in [7, 11) is 0. The van der Waals surface area contributed by atoms with Crippen LogP contribution < -0.4 is 5.32 Å². The van der Waals surface area contributed by atoms with E-state index in [1.165, 1.54) is 12.3 Å². The Bertz CT molecular complexity index is 578. The second-order valence-corrected chi connectivity index (χ2v) is 4.01. The van der Waals surface area contributed by atoms with Crippen LogP contribution in [0.2, 0.25) is 5.15 Å². The molecule has 1 N–H and O–H groups in total. The molecule has 0 aliphatic rings. The van der Waals surface area contributed by atoms with Gasteiger partial charge in [0.1, 0.15) is 6.61 Å². The maximum Gasteiger partial charge on any atom is 0.412 e. The summed E-state index contributed by atoms with van der Waals surface area (Å²) in [6.07, 6.45) is 0.531. The van der Waals surface area contributed by atoms with Gasteiger partial charge in [-0.3, -0.25) is 5.32 Å². The summed E-state index contributed by atoms with van der Waals surface area (Å²) in [5.41, 5.74) is 0.768. The molecule has 98 valence electrons. The fraction of sp³-hybridized carbons (Fsp3) is 0.0769. The molecule has 1 aromatic carbocycles. The van der Waals surface area contributed by atoms with Gasteiger partial charge in [0.15, 0.2) is 11.0 Å². The Balaban J connectivity index is 1.93. The Hall–Kier alpha value is -2.14. The van der Waals surface area contributed by atoms with Gasteiger partial charge in [-0.15, -0.1) is 0 Å². The summed E-state index contributed by atoms with van der Waals surface area (Å²) in [6, 6.07) is 10.5. The van der Waals surface area contributed by atoms with Gasteiger partial charge in [0.25, 0.3) is 0 Å². The predicted molar refractivity (Wildman–Crippen MR) is 69.5 cm³/mol. The third-order valence-corrected chi connectivity index (χ3v) is 2.56. The van der Waals surface area contributed by atoms with Gasteiger partial charge in [-0.2, -0.15) is 0 Å². The molecule has 0 unspecified atom stereocenters. The minimum atomic E-state index is -0.791. The van der Waals surface area contributed by atoms with E-state index < -0.39 is 11.9 Å². The van der Waals surface area contributed by atoms with E-state index in [-0.39, 0.29) is 17.4 Å². The number of benzene rings is 1. The number of carbonyl (C=O) groups is 1. The van der Waals surface area contributed by atoms with Gasteiger partial charge in [-0.1, -0.05) is 41.9 Å². The lowest BCUT2D eigenvalue weighted by Gasteiger charge is -2.08. The minimum absolute atomic E-state index is 0.0712. The topological polar surface area (TPSA) is 51.2 Å². The monoisotopic (exact) mass is 280 g/mol. The number of amides is 1. The fourth-order valence-corrected chi connectivity index (χ4v) is 1.54. The van der Waals surface area contributed by atoms with Gasteiger partial charge in [0.05, 0.1) is 5.69 Å². The highest BCUT2D eigenvalue weighted by Gasteiger charge is 2.11. The van der Waals surface area contributed by atoms with Gasteiger partial charge in [0, 0.05) is 6.20 Å². The average Bonchev–Trinajstić information content (AvgIpc) is 2.43. The van der Waals surface area contributed by atoms with E-state index in [1.807, 2.05) is 30.3 Å². The largest absolute Gasteiger partial charge is 0.444 e. The third kappa shape index (κ3) is 3.66. The van der Waals surface area contributed by atoms with Crippen molar-refractivity contribution in [2.24, 2.45) is 0 Å². The molecule has 0 spiro atoms. The normalized spacial score (nSPS) is 10.0. The zero-order chi connectivity index (χ0) is 13.7. The molecule has 0 bridgehead atoms. The van der Waals surface area contributed by atoms with Crippen LogP contribution in [0.5, 0.6) is 0 Å². The van der Waals surface area contributed by atoms with Crippen molar-refractivity contribution in [3.63, 3.8) is 0 Å². The first-order valence-electron chi connectivity index (χ1n) is 5.44. The molecule has 1 heterocycles. The van der Waals surface area contributed by atoms with Crippen molar-refractivity contribution in [1.82, 2.24) is 4.98 Å². The Labute approximate surface area is 114 Å². The third-order valence-electron chi connectivity index (χ3n) is 2.30. The van der Waals surface area contributed by atoms with Crippen molar-refractivity contribution in [3.05, 3.63) is 59.1 Å². The number of rotatable bonds is 3. The van der Waals surface area contributed by atoms with Gasteiger partial charge in [-0.25, -0.2) is 14.2 Å². The van der Waals surface area contributed by atoms with Gasteiger partial charge in [-0.05, 0) is 11.6 Å². The van der Waals surface area contributed by atoms with E-state index >= 15 is 0 Å². The molecule has 19 heavy (non-hydrogen) atoms. The van der Waals surface area contributed by atoms with Gasteiger partial charge in [0.2, 0.25) is 0 Å². The molecule has 4 nitrogen and oxygen atoms in total. The van der Waals surface area contributed by atoms with Crippen molar-refractivity contribution in [3.8, 4) is 0 Å². The van der Waals surface area contributed by atoms with Crippen LogP contribution in [-0.4, -0.2) is 11.1 Å². The van der Waals surface area contributed by atoms with E-state index in [1.54, 1.807) is 0 Å². The fourth-order valence-electron chi connectivity index (χ4n) is 1.38. The number of anilines is 1. The van der Waals surface area contributed by atoms with Crippen LogP contribution in [0.4, 0.5) is 14.9 Å². The van der Waals surface area contributed by atoms with E-state index in [0.717, 1.165) is 5.56 Å². The SMILES string of the molecule is O=C(Nc1ccnc(Cl)c1F)OCc1ccccc1. The highest BCUT2D eigenvalue weighted by Crippen LogP contribution is 2.19. The molecule has 6 heteroatoms. The quantitative estimate of drug-likeness (QED) is 0.874. The first-order valence-corrected chi connectivity index (χ1v) is 5.82. The number of hydrogen-bond acceptors (Lipinski definition) is 3. The van der Waals surface area contributed by atoms with Crippen molar-refractivity contribution in [2.75, 3.05) is 5.32 Å². The zero-order valence-corrected chi connectivity index (χ0v) is 10.5. The average molecular weight is 281 g/mol. The van der Waals surface area contributed by atoms with Gasteiger partial charge >= 0.3 is 6.09 Å². The number of hydrogen-bond donors (Lipinski definition) is 1. The zero-order valence-electron chi connectivity index (χ0n) is 9.77. The van der Waals surface area contributed by atoms with Crippen molar-refractivity contribution < 1.29 is 13.9 Å². The van der Waals surface area contributed by atoms with Crippen LogP contribution in [0.1, 0.15) is 5.56 Å². The van der Waals surface area contributed by atoms with Gasteiger partial charge < -0.3 is 4.74 Å². The number of carbonyl (C=O) groups excluding carboxylic acids is 1. The van der Waals surface area contributed by atoms with E-state index in [9.17, 15) is 9.18 Å². The van der Waals surface area contributed by atoms with Crippen molar-refractivity contribution in [1.29, 1.82) is 0 Å². The molecule has 2 aromatic rings. The smallest absolute Gasteiger partial charge is 0.412 e. The highest BCUT2D eigenvalue weighted by molar-refractivity contribution is 6.29. The summed E-state index contributed by atoms with van der Waals surface area (Å²) in [5.74, 6) is -0.791. The summed E-state index contributed by atoms with van der Waals surface area (Å²) in [5, 5.41) is 1.96. The highest BCUT2D eigenvalue weighted by atomic mass is 35.5. The summed E-state index contributed by atoms with van der Waals surface area (Å²) < 4.78 is 18.4. The number of nitrogens with zero attached hydrogens (tertiary/aromatic N) is 1. The van der Waals surface area contributed by atoms with Crippen molar-refractivity contribution in [2.45, 2.75) is 6.61 Å². The lowest BCUT2D eigenvalue weighted by Crippen LogP contribution is -2.14. The minimum Gasteiger partial charge on any atom is -0.444 e. The van der Waals surface area contributed by atoms with Crippen LogP contribution >= 0.6 is 11.6 Å². The second kappa shape index (κ2) is 6.15. The molecule has 1 aromatic heterocycles. The molecule has 0 saturated heterocycles. The molecule has 0 atom stereocenters. The Kier molecular flexibility index (Phi) is 4.30. The molecule has 2 rings (SSSR count). The number of aromatic nitrogens is 1. The molecular weight excluding hydrogens is 271 g/mol. The Morgan fingerprint density at radius 1 is 1.32 bits per heavy atom. The molecule has 0 aliphatic heterocycles. The van der Waals surface area contributed by atoms with Crippen LogP contribution in [0.15, 0.2) is 42.6 Å². The van der Waals surface area contributed by atoms with Crippen LogP contribution in [0, 0.1) is 5.82 Å². The van der Waals surface area contributed by atoms with Crippen molar-refractivity contribution >= 4 is 23.4 Å². The lowest BCUT2D eigenvalue weighted by atomic mass is 10.2. The second-order valence-electron chi connectivity index (χ2n) is 3.65. The Morgan fingerprint density at radius 3 is 2.79 bits per heavy atom. The molecule has 1 amide bonds. The van der Waals surface area contributed by atoms with E-state index in [2.05, 4.69) is 10.3 Å². The van der Waals surface area contributed by atoms with E-state index in [4.69, 9.17) is 16.3 Å². The lowest BCUT2D eigenvalue weighted by molar-refractivity contribution is 0.155. The van der Waals surface area contributed by atoms with Crippen LogP contribution in [0.3, 0.4) is 0 Å². The first kappa shape index (κ1) is 13.3. The maximum atomic E-state index is 13.5. The standard InChI is InChI=1S/C13H10ClFN2O2/c14-12-11(15)10(6-7-16-12)17-13(18)19-8-9-4-2-1-3-5-9/h1-7H,8H2,(H,16,17,18). The molecule has 0 aliphatic carbocycles. The van der Waals surface area contributed by atoms with Crippen LogP contribution in [-0.2, 0) is 11.3 Å². The number of pyridine rings is 1. The number of ether oxygens (including phenoxy) is 1. The van der Waals surface area contributed by atoms with E-state index in [0.29, 0.717) is 0 Å². The number of nitrogens with one attached hydrogen (secondary N) is 1.